The zero-order chi connectivity index (χ0) is 24.3. The van der Waals surface area contributed by atoms with Crippen molar-refractivity contribution >= 4 is 23.7 Å². The molecule has 1 amide bonds. The maximum absolute atomic E-state index is 15.5. The van der Waals surface area contributed by atoms with Crippen LogP contribution in [0.25, 0.3) is 0 Å². The molecule has 0 spiro atoms. The van der Waals surface area contributed by atoms with E-state index in [1.165, 1.54) is 17.2 Å². The molecule has 3 heterocycles. The van der Waals surface area contributed by atoms with Crippen LogP contribution in [0.1, 0.15) is 41.1 Å². The number of benzene rings is 1. The number of allylic oxidation sites excluding steroid dienone is 1. The van der Waals surface area contributed by atoms with Gasteiger partial charge >= 0.3 is 0 Å². The van der Waals surface area contributed by atoms with Gasteiger partial charge in [0.05, 0.1) is 30.4 Å². The highest BCUT2D eigenvalue weighted by Crippen LogP contribution is 2.40. The largest absolute Gasteiger partial charge is 0.394 e. The minimum Gasteiger partial charge on any atom is -0.394 e. The number of β-amino-alcohol motifs (C(OH)–C–C–N with tert-alkyl or cyclic N) is 1. The monoisotopic (exact) mass is 495 g/mol. The first-order valence-electron chi connectivity index (χ1n) is 11.5. The Morgan fingerprint density at radius 2 is 2.12 bits per heavy atom. The molecule has 3 aliphatic heterocycles. The summed E-state index contributed by atoms with van der Waals surface area (Å²) >= 11 is 5.90. The van der Waals surface area contributed by atoms with Crippen molar-refractivity contribution in [2.75, 3.05) is 52.5 Å². The number of halogens is 2. The van der Waals surface area contributed by atoms with E-state index in [4.69, 9.17) is 16.3 Å². The van der Waals surface area contributed by atoms with E-state index >= 15 is 4.39 Å². The van der Waals surface area contributed by atoms with E-state index in [0.29, 0.717) is 23.6 Å². The van der Waals surface area contributed by atoms with Crippen molar-refractivity contribution in [2.24, 2.45) is 4.99 Å². The van der Waals surface area contributed by atoms with E-state index < -0.39 is 29.7 Å². The number of carbonyl (C=O) groups excluding carboxylic acids is 1. The third-order valence-electron chi connectivity index (χ3n) is 6.50. The fourth-order valence-corrected chi connectivity index (χ4v) is 4.72. The van der Waals surface area contributed by atoms with Gasteiger partial charge in [0.25, 0.3) is 5.91 Å². The Bertz CT molecular complexity index is 971. The molecule has 1 aromatic carbocycles. The molecule has 34 heavy (non-hydrogen) atoms. The van der Waals surface area contributed by atoms with Crippen LogP contribution in [-0.4, -0.2) is 90.8 Å². The van der Waals surface area contributed by atoms with Crippen LogP contribution in [0, 0.1) is 5.82 Å². The number of carbonyl (C=O) groups is 1. The lowest BCUT2D eigenvalue weighted by Crippen LogP contribution is -2.49. The van der Waals surface area contributed by atoms with E-state index in [1.807, 2.05) is 6.92 Å². The molecule has 1 fully saturated rings. The van der Waals surface area contributed by atoms with Crippen LogP contribution >= 0.6 is 11.6 Å². The first kappa shape index (κ1) is 25.0. The first-order valence-corrected chi connectivity index (χ1v) is 11.9. The number of nitrogens with zero attached hydrogens (tertiary/aromatic N) is 3. The molecule has 0 saturated carbocycles. The highest BCUT2D eigenvalue weighted by atomic mass is 35.5. The number of ether oxygens (including phenoxy) is 1. The summed E-state index contributed by atoms with van der Waals surface area (Å²) in [6.45, 7) is 5.19. The lowest BCUT2D eigenvalue weighted by atomic mass is 9.88. The average Bonchev–Trinajstić information content (AvgIpc) is 3.11. The molecule has 1 saturated heterocycles. The van der Waals surface area contributed by atoms with Crippen LogP contribution in [-0.2, 0) is 10.3 Å². The van der Waals surface area contributed by atoms with Crippen LogP contribution in [0.15, 0.2) is 28.4 Å². The third kappa shape index (κ3) is 5.12. The summed E-state index contributed by atoms with van der Waals surface area (Å²) in [6.07, 6.45) is 1.93. The molecule has 4 rings (SSSR count). The smallest absolute Gasteiger partial charge is 0.256 e. The molecule has 0 bridgehead atoms. The van der Waals surface area contributed by atoms with Crippen molar-refractivity contribution < 1.29 is 24.1 Å². The number of hydrogen-bond donors (Lipinski definition) is 4. The Hall–Kier alpha value is -2.08. The molecule has 2 unspecified atom stereocenters. The predicted octanol–water partition coefficient (Wildman–Crippen LogP) is 0.872. The minimum absolute atomic E-state index is 0.0654. The molecule has 0 aromatic heterocycles. The second-order valence-corrected chi connectivity index (χ2v) is 9.16. The third-order valence-corrected chi connectivity index (χ3v) is 6.70. The molecule has 0 radical (unpaired) electrons. The molecule has 9 nitrogen and oxygen atoms in total. The maximum atomic E-state index is 15.5. The molecular formula is C23H31ClFN5O4. The molecule has 0 aliphatic carbocycles. The lowest BCUT2D eigenvalue weighted by molar-refractivity contribution is -0.0536. The van der Waals surface area contributed by atoms with Gasteiger partial charge in [0.15, 0.2) is 6.23 Å². The zero-order valence-corrected chi connectivity index (χ0v) is 19.9. The van der Waals surface area contributed by atoms with Gasteiger partial charge in [-0.3, -0.25) is 14.7 Å². The van der Waals surface area contributed by atoms with Gasteiger partial charge in [-0.1, -0.05) is 18.5 Å². The molecule has 11 heteroatoms. The molecule has 3 aliphatic rings. The number of rotatable bonds is 9. The topological polar surface area (TPSA) is 110 Å². The number of aliphatic hydroxyl groups excluding tert-OH is 1. The Labute approximate surface area is 203 Å². The Kier molecular flexibility index (Phi) is 7.86. The standard InChI is InChI=1S/C23H31ClFN5O4/c1-2-23(33,14-29-5-3-26-4-6-29)15-9-17-20(18(25)10-15)22(34-8-7-31)30(21(17)32)13-19-27-11-16(24)12-28-19/h9-12,19,22,26-27,31,33H,2-8,13-14H2,1H3/t19?,22-,23?/m1/s1. The second kappa shape index (κ2) is 10.7. The average molecular weight is 496 g/mol. The van der Waals surface area contributed by atoms with Gasteiger partial charge in [0.2, 0.25) is 0 Å². The second-order valence-electron chi connectivity index (χ2n) is 8.72. The number of aliphatic imine (C=N–C) groups is 1. The number of nitrogens with one attached hydrogen (secondary N) is 2. The van der Waals surface area contributed by atoms with E-state index in [9.17, 15) is 15.0 Å². The summed E-state index contributed by atoms with van der Waals surface area (Å²) in [5, 5.41) is 27.4. The zero-order valence-electron chi connectivity index (χ0n) is 19.1. The fraction of sp³-hybridized carbons (Fsp3) is 0.565. The van der Waals surface area contributed by atoms with E-state index in [-0.39, 0.29) is 30.9 Å². The summed E-state index contributed by atoms with van der Waals surface area (Å²) in [4.78, 5) is 21.2. The Morgan fingerprint density at radius 1 is 1.35 bits per heavy atom. The molecular weight excluding hydrogens is 465 g/mol. The predicted molar refractivity (Wildman–Crippen MR) is 126 cm³/mol. The van der Waals surface area contributed by atoms with E-state index in [0.717, 1.165) is 26.2 Å². The molecule has 1 aromatic rings. The number of fused-ring (bicyclic) bond motifs is 1. The van der Waals surface area contributed by atoms with Crippen molar-refractivity contribution in [1.82, 2.24) is 20.4 Å². The summed E-state index contributed by atoms with van der Waals surface area (Å²) in [5.74, 6) is -1.04. The first-order chi connectivity index (χ1) is 16.4. The highest BCUT2D eigenvalue weighted by Gasteiger charge is 2.43. The molecule has 4 N–H and O–H groups in total. The van der Waals surface area contributed by atoms with Gasteiger partial charge in [-0.05, 0) is 24.1 Å². The Morgan fingerprint density at radius 3 is 2.76 bits per heavy atom. The van der Waals surface area contributed by atoms with Crippen LogP contribution in [0.5, 0.6) is 0 Å². The van der Waals surface area contributed by atoms with Crippen molar-refractivity contribution in [3.05, 3.63) is 45.9 Å². The number of piperazine rings is 1. The van der Waals surface area contributed by atoms with Gasteiger partial charge in [-0.15, -0.1) is 0 Å². The number of amides is 1. The summed E-state index contributed by atoms with van der Waals surface area (Å²) in [7, 11) is 0. The molecule has 186 valence electrons. The van der Waals surface area contributed by atoms with Gasteiger partial charge in [0, 0.05) is 50.7 Å². The summed E-state index contributed by atoms with van der Waals surface area (Å²) in [6, 6.07) is 2.88. The van der Waals surface area contributed by atoms with Crippen LogP contribution in [0.2, 0.25) is 0 Å². The maximum Gasteiger partial charge on any atom is 0.256 e. The normalized spacial score (nSPS) is 24.6. The lowest BCUT2D eigenvalue weighted by Gasteiger charge is -2.36. The molecule has 3 atom stereocenters. The van der Waals surface area contributed by atoms with Crippen molar-refractivity contribution in [1.29, 1.82) is 0 Å². The van der Waals surface area contributed by atoms with Gasteiger partial charge in [-0.25, -0.2) is 4.39 Å². The fourth-order valence-electron chi connectivity index (χ4n) is 4.60. The van der Waals surface area contributed by atoms with Gasteiger partial charge < -0.3 is 30.5 Å². The summed E-state index contributed by atoms with van der Waals surface area (Å²) < 4.78 is 21.2. The highest BCUT2D eigenvalue weighted by molar-refractivity contribution is 6.39. The Balaban J connectivity index is 1.64. The van der Waals surface area contributed by atoms with Gasteiger partial charge in [0.1, 0.15) is 17.6 Å². The summed E-state index contributed by atoms with van der Waals surface area (Å²) in [5.41, 5.74) is -0.682. The van der Waals surface area contributed by atoms with Crippen LogP contribution in [0.3, 0.4) is 0 Å². The van der Waals surface area contributed by atoms with Crippen LogP contribution < -0.4 is 10.6 Å². The SMILES string of the molecule is CCC(O)(CN1CCNCC1)c1cc(F)c2c(c1)C(=O)N(CC1N=CC(Cl)=CN1)[C@@H]2OCCO. The van der Waals surface area contributed by atoms with Crippen molar-refractivity contribution in [3.8, 4) is 0 Å². The quantitative estimate of drug-likeness (QED) is 0.402. The van der Waals surface area contributed by atoms with E-state index in [2.05, 4.69) is 20.5 Å². The van der Waals surface area contributed by atoms with Crippen molar-refractivity contribution in [3.63, 3.8) is 0 Å². The minimum atomic E-state index is -1.31. The van der Waals surface area contributed by atoms with Crippen LogP contribution in [0.4, 0.5) is 4.39 Å². The number of aliphatic hydroxyl groups is 2. The number of hydrogen-bond acceptors (Lipinski definition) is 8. The van der Waals surface area contributed by atoms with E-state index in [1.54, 1.807) is 12.3 Å². The van der Waals surface area contributed by atoms with Gasteiger partial charge in [-0.2, -0.15) is 0 Å². The van der Waals surface area contributed by atoms with Crippen molar-refractivity contribution in [2.45, 2.75) is 31.3 Å².